The van der Waals surface area contributed by atoms with Gasteiger partial charge in [0.1, 0.15) is 17.5 Å². The van der Waals surface area contributed by atoms with E-state index in [-0.39, 0.29) is 55.0 Å². The summed E-state index contributed by atoms with van der Waals surface area (Å²) in [4.78, 5) is 17.6. The first-order chi connectivity index (χ1) is 17.8. The molecule has 1 unspecified atom stereocenters. The van der Waals surface area contributed by atoms with Gasteiger partial charge in [0, 0.05) is 43.2 Å². The van der Waals surface area contributed by atoms with E-state index < -0.39 is 53.0 Å². The lowest BCUT2D eigenvalue weighted by molar-refractivity contribution is -0.148. The molecule has 0 aliphatic carbocycles. The molecule has 4 rings (SSSR count). The Morgan fingerprint density at radius 3 is 2.26 bits per heavy atom. The first-order valence-electron chi connectivity index (χ1n) is 11.6. The summed E-state index contributed by atoms with van der Waals surface area (Å²) in [5.74, 6) is -7.63. The van der Waals surface area contributed by atoms with Crippen molar-refractivity contribution in [2.24, 2.45) is 5.73 Å². The molecule has 0 fully saturated rings. The number of halogens is 8. The smallest absolute Gasteiger partial charge is 0.335 e. The van der Waals surface area contributed by atoms with Gasteiger partial charge in [-0.15, -0.1) is 0 Å². The van der Waals surface area contributed by atoms with E-state index in [0.29, 0.717) is 18.2 Å². The Bertz CT molecular complexity index is 1320. The first kappa shape index (κ1) is 29.1. The molecule has 13 heteroatoms. The van der Waals surface area contributed by atoms with Crippen LogP contribution in [-0.4, -0.2) is 32.9 Å². The number of aromatic nitrogens is 2. The van der Waals surface area contributed by atoms with Gasteiger partial charge >= 0.3 is 6.18 Å². The van der Waals surface area contributed by atoms with E-state index in [1.54, 1.807) is 0 Å². The second-order valence-electron chi connectivity index (χ2n) is 8.35. The molecule has 2 heterocycles. The number of hydrogen-bond donors (Lipinski definition) is 1. The van der Waals surface area contributed by atoms with Crippen LogP contribution in [0.2, 0.25) is 0 Å². The highest BCUT2D eigenvalue weighted by atomic mass is 19.4. The molecule has 5 nitrogen and oxygen atoms in total. The maximum absolute atomic E-state index is 14.4. The van der Waals surface area contributed by atoms with Gasteiger partial charge in [0.2, 0.25) is 11.7 Å². The van der Waals surface area contributed by atoms with Crippen LogP contribution >= 0.6 is 0 Å². The van der Waals surface area contributed by atoms with E-state index in [1.807, 2.05) is 13.8 Å². The number of amides is 1. The molecule has 1 aliphatic heterocycles. The number of rotatable bonds is 5. The van der Waals surface area contributed by atoms with Gasteiger partial charge in [0.25, 0.3) is 0 Å². The van der Waals surface area contributed by atoms with E-state index in [1.165, 1.54) is 4.90 Å². The van der Waals surface area contributed by atoms with Gasteiger partial charge in [0.15, 0.2) is 11.6 Å². The maximum Gasteiger partial charge on any atom is 0.449 e. The fraction of sp³-hybridized carbons (Fsp3) is 0.360. The fourth-order valence-corrected chi connectivity index (χ4v) is 4.12. The highest BCUT2D eigenvalue weighted by molar-refractivity contribution is 5.77. The SMILES string of the molecule is CC.NC(CC(=O)N1CCn2c(C(F)(F)F)nc(-c3ccc(F)cc3F)c2C1)Cc1cc(F)c(F)cc1F. The van der Waals surface area contributed by atoms with E-state index >= 15 is 0 Å². The number of hydrogen-bond acceptors (Lipinski definition) is 3. The lowest BCUT2D eigenvalue weighted by atomic mass is 10.0. The lowest BCUT2D eigenvalue weighted by Gasteiger charge is -2.30. The van der Waals surface area contributed by atoms with E-state index in [4.69, 9.17) is 5.73 Å². The third kappa shape index (κ3) is 6.14. The van der Waals surface area contributed by atoms with Gasteiger partial charge < -0.3 is 15.2 Å². The molecule has 0 bridgehead atoms. The molecule has 2 N–H and O–H groups in total. The number of carbonyl (C=O) groups is 1. The summed E-state index contributed by atoms with van der Waals surface area (Å²) in [6.45, 7) is 3.17. The molecule has 38 heavy (non-hydrogen) atoms. The molecule has 2 aromatic carbocycles. The number of benzene rings is 2. The Kier molecular flexibility index (Phi) is 8.80. The third-order valence-corrected chi connectivity index (χ3v) is 5.81. The van der Waals surface area contributed by atoms with Crippen LogP contribution in [0.25, 0.3) is 11.3 Å². The van der Waals surface area contributed by atoms with Crippen LogP contribution in [0.15, 0.2) is 30.3 Å². The molecular formula is C25H24F8N4O. The number of fused-ring (bicyclic) bond motifs is 1. The van der Waals surface area contributed by atoms with Crippen molar-refractivity contribution in [2.45, 2.75) is 52.0 Å². The number of carbonyl (C=O) groups excluding carboxylic acids is 1. The Labute approximate surface area is 212 Å². The van der Waals surface area contributed by atoms with E-state index in [0.717, 1.165) is 16.7 Å². The normalized spacial score (nSPS) is 14.0. The maximum atomic E-state index is 14.4. The summed E-state index contributed by atoms with van der Waals surface area (Å²) >= 11 is 0. The van der Waals surface area contributed by atoms with Crippen LogP contribution in [0.5, 0.6) is 0 Å². The zero-order valence-corrected chi connectivity index (χ0v) is 20.4. The minimum Gasteiger partial charge on any atom is -0.335 e. The number of nitrogens with zero attached hydrogens (tertiary/aromatic N) is 3. The van der Waals surface area contributed by atoms with Crippen LogP contribution in [-0.2, 0) is 30.5 Å². The van der Waals surface area contributed by atoms with Crippen molar-refractivity contribution in [2.75, 3.05) is 6.54 Å². The molecule has 3 aromatic rings. The van der Waals surface area contributed by atoms with Crippen LogP contribution in [0.4, 0.5) is 35.1 Å². The summed E-state index contributed by atoms with van der Waals surface area (Å²) in [5, 5.41) is 0. The third-order valence-electron chi connectivity index (χ3n) is 5.81. The Morgan fingerprint density at radius 1 is 0.974 bits per heavy atom. The highest BCUT2D eigenvalue weighted by Gasteiger charge is 2.41. The van der Waals surface area contributed by atoms with Crippen molar-refractivity contribution in [1.29, 1.82) is 0 Å². The number of alkyl halides is 3. The minimum absolute atomic E-state index is 0.104. The van der Waals surface area contributed by atoms with Crippen molar-refractivity contribution in [3.8, 4) is 11.3 Å². The van der Waals surface area contributed by atoms with Crippen molar-refractivity contribution in [3.63, 3.8) is 0 Å². The summed E-state index contributed by atoms with van der Waals surface area (Å²) in [5.41, 5.74) is 4.81. The Balaban J connectivity index is 0.00000195. The van der Waals surface area contributed by atoms with Gasteiger partial charge in [-0.3, -0.25) is 4.79 Å². The minimum atomic E-state index is -4.87. The second kappa shape index (κ2) is 11.5. The quantitative estimate of drug-likeness (QED) is 0.334. The summed E-state index contributed by atoms with van der Waals surface area (Å²) in [6.07, 6.45) is -5.55. The predicted molar refractivity (Wildman–Crippen MR) is 122 cm³/mol. The Morgan fingerprint density at radius 2 is 1.63 bits per heavy atom. The molecule has 1 aromatic heterocycles. The summed E-state index contributed by atoms with van der Waals surface area (Å²) < 4.78 is 110. The number of imidazole rings is 1. The molecule has 1 atom stereocenters. The van der Waals surface area contributed by atoms with E-state index in [2.05, 4.69) is 4.98 Å². The predicted octanol–water partition coefficient (Wildman–Crippen LogP) is 5.59. The molecule has 206 valence electrons. The average Bonchev–Trinajstić information content (AvgIpc) is 3.23. The van der Waals surface area contributed by atoms with Crippen LogP contribution in [0, 0.1) is 29.1 Å². The topological polar surface area (TPSA) is 64.2 Å². The average molecular weight is 548 g/mol. The van der Waals surface area contributed by atoms with Gasteiger partial charge in [-0.05, 0) is 30.2 Å². The van der Waals surface area contributed by atoms with Crippen LogP contribution in [0.3, 0.4) is 0 Å². The summed E-state index contributed by atoms with van der Waals surface area (Å²) in [7, 11) is 0. The van der Waals surface area contributed by atoms with Gasteiger partial charge in [-0.2, -0.15) is 13.2 Å². The van der Waals surface area contributed by atoms with Gasteiger partial charge in [0.05, 0.1) is 17.9 Å². The first-order valence-corrected chi connectivity index (χ1v) is 11.6. The van der Waals surface area contributed by atoms with Gasteiger partial charge in [-0.25, -0.2) is 26.9 Å². The standard InChI is InChI=1S/C23H18F8N4O.C2H6/c24-12-1-2-14(16(26)7-12)21-19-10-34(3-4-35(19)22(33-21)23(29,30)31)20(36)8-13(32)5-11-6-17(27)18(28)9-15(11)25;1-2/h1-2,6-7,9,13H,3-5,8,10,32H2;1-2H3. The van der Waals surface area contributed by atoms with Crippen LogP contribution < -0.4 is 5.73 Å². The molecular weight excluding hydrogens is 524 g/mol. The number of nitrogens with two attached hydrogens (primary N) is 1. The van der Waals surface area contributed by atoms with Crippen LogP contribution in [0.1, 0.15) is 37.4 Å². The van der Waals surface area contributed by atoms with Crippen molar-refractivity contribution in [1.82, 2.24) is 14.5 Å². The lowest BCUT2D eigenvalue weighted by Crippen LogP contribution is -2.42. The molecule has 0 radical (unpaired) electrons. The zero-order valence-electron chi connectivity index (χ0n) is 20.4. The van der Waals surface area contributed by atoms with Gasteiger partial charge in [-0.1, -0.05) is 13.8 Å². The fourth-order valence-electron chi connectivity index (χ4n) is 4.12. The molecule has 1 amide bonds. The highest BCUT2D eigenvalue weighted by Crippen LogP contribution is 2.37. The zero-order chi connectivity index (χ0) is 28.4. The molecule has 1 aliphatic rings. The second-order valence-corrected chi connectivity index (χ2v) is 8.35. The van der Waals surface area contributed by atoms with Crippen molar-refractivity contribution in [3.05, 3.63) is 76.5 Å². The van der Waals surface area contributed by atoms with Crippen molar-refractivity contribution < 1.29 is 39.9 Å². The van der Waals surface area contributed by atoms with Crippen molar-refractivity contribution >= 4 is 5.91 Å². The summed E-state index contributed by atoms with van der Waals surface area (Å²) in [6, 6.07) is 2.33. The molecule has 0 saturated heterocycles. The van der Waals surface area contributed by atoms with E-state index in [9.17, 15) is 39.9 Å². The largest absolute Gasteiger partial charge is 0.449 e. The Hall–Kier alpha value is -3.48. The monoisotopic (exact) mass is 548 g/mol. The molecule has 0 spiro atoms. The molecule has 0 saturated carbocycles.